The number of nitrogens with one attached hydrogen (secondary N) is 1. The van der Waals surface area contributed by atoms with Crippen molar-refractivity contribution in [2.75, 3.05) is 6.61 Å². The van der Waals surface area contributed by atoms with Crippen LogP contribution in [0.4, 0.5) is 5.69 Å². The van der Waals surface area contributed by atoms with Crippen molar-refractivity contribution in [1.82, 2.24) is 5.43 Å². The molecule has 3 aromatic carbocycles. The van der Waals surface area contributed by atoms with Crippen LogP contribution in [0.1, 0.15) is 5.56 Å². The smallest absolute Gasteiger partial charge is 0.277 e. The largest absolute Gasteiger partial charge is 0.507 e. The van der Waals surface area contributed by atoms with Gasteiger partial charge in [0.25, 0.3) is 11.6 Å². The Balaban J connectivity index is 1.52. The van der Waals surface area contributed by atoms with Gasteiger partial charge in [-0.1, -0.05) is 42.5 Å². The Morgan fingerprint density at radius 1 is 1.07 bits per heavy atom. The Morgan fingerprint density at radius 2 is 1.76 bits per heavy atom. The molecular formula is C21H17N3O5. The van der Waals surface area contributed by atoms with Crippen LogP contribution < -0.4 is 10.2 Å². The zero-order valence-electron chi connectivity index (χ0n) is 15.2. The molecule has 2 N–H and O–H groups in total. The van der Waals surface area contributed by atoms with Crippen LogP contribution in [-0.2, 0) is 4.79 Å². The van der Waals surface area contributed by atoms with Crippen LogP contribution in [0.3, 0.4) is 0 Å². The van der Waals surface area contributed by atoms with E-state index in [-0.39, 0.29) is 23.6 Å². The van der Waals surface area contributed by atoms with Gasteiger partial charge in [-0.15, -0.1) is 0 Å². The van der Waals surface area contributed by atoms with Crippen LogP contribution in [0.25, 0.3) is 11.1 Å². The first-order chi connectivity index (χ1) is 14.0. The van der Waals surface area contributed by atoms with Crippen molar-refractivity contribution in [3.05, 3.63) is 88.5 Å². The summed E-state index contributed by atoms with van der Waals surface area (Å²) in [7, 11) is 0. The molecular weight excluding hydrogens is 374 g/mol. The lowest BCUT2D eigenvalue weighted by molar-refractivity contribution is -0.384. The predicted molar refractivity (Wildman–Crippen MR) is 108 cm³/mol. The summed E-state index contributed by atoms with van der Waals surface area (Å²) >= 11 is 0. The highest BCUT2D eigenvalue weighted by Gasteiger charge is 2.09. The molecule has 29 heavy (non-hydrogen) atoms. The number of hydrogen-bond acceptors (Lipinski definition) is 6. The molecule has 3 aromatic rings. The van der Waals surface area contributed by atoms with Gasteiger partial charge in [-0.2, -0.15) is 5.10 Å². The lowest BCUT2D eigenvalue weighted by Gasteiger charge is -2.06. The number of phenolic OH excluding ortho intramolecular Hbond substituents is 1. The van der Waals surface area contributed by atoms with Crippen LogP contribution in [-0.4, -0.2) is 28.8 Å². The fourth-order valence-electron chi connectivity index (χ4n) is 2.49. The molecule has 0 aliphatic carbocycles. The van der Waals surface area contributed by atoms with Gasteiger partial charge < -0.3 is 9.84 Å². The van der Waals surface area contributed by atoms with Crippen molar-refractivity contribution >= 4 is 17.8 Å². The first-order valence-corrected chi connectivity index (χ1v) is 8.60. The van der Waals surface area contributed by atoms with E-state index in [0.717, 1.165) is 23.4 Å². The fraction of sp³-hybridized carbons (Fsp3) is 0.0476. The number of carbonyl (C=O) groups excluding carboxylic acids is 1. The molecule has 0 unspecified atom stereocenters. The van der Waals surface area contributed by atoms with E-state index in [1.165, 1.54) is 12.1 Å². The van der Waals surface area contributed by atoms with E-state index in [1.54, 1.807) is 12.1 Å². The summed E-state index contributed by atoms with van der Waals surface area (Å²) in [4.78, 5) is 22.0. The van der Waals surface area contributed by atoms with Crippen LogP contribution >= 0.6 is 0 Å². The van der Waals surface area contributed by atoms with E-state index in [4.69, 9.17) is 4.74 Å². The number of aromatic hydroxyl groups is 1. The highest BCUT2D eigenvalue weighted by Crippen LogP contribution is 2.22. The highest BCUT2D eigenvalue weighted by molar-refractivity contribution is 5.86. The van der Waals surface area contributed by atoms with Crippen LogP contribution in [0.2, 0.25) is 0 Å². The molecule has 0 spiro atoms. The molecule has 0 aromatic heterocycles. The zero-order valence-corrected chi connectivity index (χ0v) is 15.2. The molecule has 0 saturated heterocycles. The number of ether oxygens (including phenoxy) is 1. The molecule has 0 aliphatic heterocycles. The second kappa shape index (κ2) is 9.14. The van der Waals surface area contributed by atoms with Crippen LogP contribution in [0.5, 0.6) is 11.5 Å². The third-order valence-corrected chi connectivity index (χ3v) is 3.95. The maximum atomic E-state index is 11.8. The maximum Gasteiger partial charge on any atom is 0.277 e. The normalized spacial score (nSPS) is 10.6. The Bertz CT molecular complexity index is 1030. The molecule has 0 radical (unpaired) electrons. The van der Waals surface area contributed by atoms with Crippen molar-refractivity contribution in [3.8, 4) is 22.6 Å². The number of rotatable bonds is 7. The summed E-state index contributed by atoms with van der Waals surface area (Å²) in [6.45, 7) is -0.261. The maximum absolute atomic E-state index is 11.8. The van der Waals surface area contributed by atoms with Crippen LogP contribution in [0, 0.1) is 10.1 Å². The number of amides is 1. The van der Waals surface area contributed by atoms with E-state index in [1.807, 2.05) is 42.5 Å². The number of nitro groups is 1. The predicted octanol–water partition coefficient (Wildman–Crippen LogP) is 3.50. The van der Waals surface area contributed by atoms with Crippen molar-refractivity contribution in [2.24, 2.45) is 5.10 Å². The van der Waals surface area contributed by atoms with Crippen molar-refractivity contribution in [3.63, 3.8) is 0 Å². The number of hydrazone groups is 1. The minimum atomic E-state index is -0.591. The van der Waals surface area contributed by atoms with Gasteiger partial charge in [-0.05, 0) is 29.3 Å². The second-order valence-electron chi connectivity index (χ2n) is 5.97. The van der Waals surface area contributed by atoms with Crippen molar-refractivity contribution in [1.29, 1.82) is 0 Å². The van der Waals surface area contributed by atoms with Gasteiger partial charge in [-0.25, -0.2) is 5.43 Å². The second-order valence-corrected chi connectivity index (χ2v) is 5.97. The third kappa shape index (κ3) is 5.39. The molecule has 146 valence electrons. The molecule has 8 nitrogen and oxygen atoms in total. The van der Waals surface area contributed by atoms with E-state index in [9.17, 15) is 20.0 Å². The monoisotopic (exact) mass is 391 g/mol. The number of phenols is 1. The number of non-ortho nitro benzene ring substituents is 1. The lowest BCUT2D eigenvalue weighted by Crippen LogP contribution is -2.24. The Labute approximate surface area is 166 Å². The topological polar surface area (TPSA) is 114 Å². The van der Waals surface area contributed by atoms with E-state index < -0.39 is 10.8 Å². The molecule has 0 fully saturated rings. The fourth-order valence-corrected chi connectivity index (χ4v) is 2.49. The van der Waals surface area contributed by atoms with Gasteiger partial charge in [-0.3, -0.25) is 14.9 Å². The zero-order chi connectivity index (χ0) is 20.6. The molecule has 3 rings (SSSR count). The van der Waals surface area contributed by atoms with E-state index >= 15 is 0 Å². The van der Waals surface area contributed by atoms with Crippen LogP contribution in [0.15, 0.2) is 77.9 Å². The summed E-state index contributed by atoms with van der Waals surface area (Å²) in [5.41, 5.74) is 4.26. The highest BCUT2D eigenvalue weighted by atomic mass is 16.6. The average molecular weight is 391 g/mol. The Kier molecular flexibility index (Phi) is 6.16. The van der Waals surface area contributed by atoms with Crippen molar-refractivity contribution in [2.45, 2.75) is 0 Å². The molecule has 0 saturated carbocycles. The number of nitrogens with zero attached hydrogens (tertiary/aromatic N) is 2. The number of hydrogen-bond donors (Lipinski definition) is 2. The number of carbonyl (C=O) groups is 1. The first-order valence-electron chi connectivity index (χ1n) is 8.60. The molecule has 0 heterocycles. The van der Waals surface area contributed by atoms with Gasteiger partial charge in [0.2, 0.25) is 0 Å². The third-order valence-electron chi connectivity index (χ3n) is 3.95. The lowest BCUT2D eigenvalue weighted by atomic mass is 10.1. The minimum Gasteiger partial charge on any atom is -0.507 e. The van der Waals surface area contributed by atoms with Crippen molar-refractivity contribution < 1.29 is 19.6 Å². The number of benzene rings is 3. The SMILES string of the molecule is O=C(COc1ccc(-c2ccccc2)cc1)NN=Cc1cc([N+](=O)[O-])ccc1O. The average Bonchev–Trinajstić information content (AvgIpc) is 2.74. The van der Waals surface area contributed by atoms with Gasteiger partial charge in [0, 0.05) is 17.7 Å². The Hall–Kier alpha value is -4.20. The summed E-state index contributed by atoms with van der Waals surface area (Å²) < 4.78 is 5.41. The van der Waals surface area contributed by atoms with E-state index in [2.05, 4.69) is 10.5 Å². The summed E-state index contributed by atoms with van der Waals surface area (Å²) in [6.07, 6.45) is 1.12. The molecule has 8 heteroatoms. The number of nitro benzene ring substituents is 1. The van der Waals surface area contributed by atoms with Gasteiger partial charge in [0.1, 0.15) is 11.5 Å². The summed E-state index contributed by atoms with van der Waals surface area (Å²) in [6, 6.07) is 20.7. The molecule has 0 bridgehead atoms. The summed E-state index contributed by atoms with van der Waals surface area (Å²) in [5.74, 6) is -0.179. The summed E-state index contributed by atoms with van der Waals surface area (Å²) in [5, 5.41) is 24.1. The Morgan fingerprint density at radius 3 is 2.45 bits per heavy atom. The van der Waals surface area contributed by atoms with Gasteiger partial charge >= 0.3 is 0 Å². The minimum absolute atomic E-state index is 0.108. The molecule has 0 aliphatic rings. The first kappa shape index (κ1) is 19.6. The van der Waals surface area contributed by atoms with E-state index in [0.29, 0.717) is 5.75 Å². The van der Waals surface area contributed by atoms with Gasteiger partial charge in [0.05, 0.1) is 11.1 Å². The quantitative estimate of drug-likeness (QED) is 0.363. The van der Waals surface area contributed by atoms with Gasteiger partial charge in [0.15, 0.2) is 6.61 Å². The standard InChI is InChI=1S/C21H17N3O5/c25-20-11-8-18(24(27)28)12-17(20)13-22-23-21(26)14-29-19-9-6-16(7-10-19)15-4-2-1-3-5-15/h1-13,25H,14H2,(H,23,26). The molecule has 1 amide bonds. The molecule has 0 atom stereocenters.